The summed E-state index contributed by atoms with van der Waals surface area (Å²) >= 11 is 0. The van der Waals surface area contributed by atoms with Gasteiger partial charge in [-0.05, 0) is 76.0 Å². The quantitative estimate of drug-likeness (QED) is 0.224. The Morgan fingerprint density at radius 2 is 1.88 bits per heavy atom. The van der Waals surface area contributed by atoms with Crippen molar-refractivity contribution in [1.29, 1.82) is 5.41 Å². The molecule has 0 spiro atoms. The molecule has 1 atom stereocenters. The minimum atomic E-state index is -1.13. The van der Waals surface area contributed by atoms with Crippen molar-refractivity contribution in [3.63, 3.8) is 0 Å². The van der Waals surface area contributed by atoms with Gasteiger partial charge in [-0.1, -0.05) is 0 Å². The van der Waals surface area contributed by atoms with Gasteiger partial charge in [0.15, 0.2) is 17.6 Å². The maximum atomic E-state index is 15.7. The molecule has 3 rings (SSSR count). The lowest BCUT2D eigenvalue weighted by Gasteiger charge is -2.24. The van der Waals surface area contributed by atoms with E-state index in [4.69, 9.17) is 25.4 Å². The SMILES string of the molecule is CCOC(=O)C(Nc1ccc(C(=N)N)cc1)c1cc(OCC)cc(OCC2CCNCC2)c1F. The van der Waals surface area contributed by atoms with Gasteiger partial charge in [0.05, 0.1) is 19.8 Å². The molecule has 0 aromatic heterocycles. The summed E-state index contributed by atoms with van der Waals surface area (Å²) in [5.74, 6) is -0.554. The first-order chi connectivity index (χ1) is 16.4. The molecule has 1 aliphatic rings. The number of ether oxygens (including phenoxy) is 3. The van der Waals surface area contributed by atoms with Gasteiger partial charge >= 0.3 is 5.97 Å². The monoisotopic (exact) mass is 472 g/mol. The van der Waals surface area contributed by atoms with Crippen LogP contribution >= 0.6 is 0 Å². The Balaban J connectivity index is 1.92. The summed E-state index contributed by atoms with van der Waals surface area (Å²) in [7, 11) is 0. The fourth-order valence-electron chi connectivity index (χ4n) is 3.82. The zero-order valence-corrected chi connectivity index (χ0v) is 19.7. The Morgan fingerprint density at radius 1 is 1.18 bits per heavy atom. The van der Waals surface area contributed by atoms with E-state index in [1.54, 1.807) is 31.2 Å². The number of halogens is 1. The largest absolute Gasteiger partial charge is 0.494 e. The zero-order chi connectivity index (χ0) is 24.5. The van der Waals surface area contributed by atoms with Crippen molar-refractivity contribution in [2.24, 2.45) is 11.7 Å². The molecule has 1 aliphatic heterocycles. The summed E-state index contributed by atoms with van der Waals surface area (Å²) in [5.41, 5.74) is 6.67. The second-order valence-electron chi connectivity index (χ2n) is 8.08. The fraction of sp³-hybridized carbons (Fsp3) is 0.440. The molecular formula is C25H33FN4O4. The van der Waals surface area contributed by atoms with E-state index in [-0.39, 0.29) is 23.8 Å². The molecule has 5 N–H and O–H groups in total. The molecule has 9 heteroatoms. The van der Waals surface area contributed by atoms with Gasteiger partial charge in [-0.2, -0.15) is 0 Å². The molecule has 2 aromatic rings. The highest BCUT2D eigenvalue weighted by molar-refractivity contribution is 5.95. The highest BCUT2D eigenvalue weighted by Crippen LogP contribution is 2.34. The highest BCUT2D eigenvalue weighted by Gasteiger charge is 2.29. The summed E-state index contributed by atoms with van der Waals surface area (Å²) in [6.45, 7) is 6.26. The zero-order valence-electron chi connectivity index (χ0n) is 19.7. The molecule has 34 heavy (non-hydrogen) atoms. The van der Waals surface area contributed by atoms with Crippen LogP contribution in [0.25, 0.3) is 0 Å². The average molecular weight is 473 g/mol. The van der Waals surface area contributed by atoms with Gasteiger partial charge in [0, 0.05) is 22.9 Å². The van der Waals surface area contributed by atoms with Crippen LogP contribution in [0.3, 0.4) is 0 Å². The molecule has 0 radical (unpaired) electrons. The second kappa shape index (κ2) is 12.2. The number of rotatable bonds is 11. The first-order valence-corrected chi connectivity index (χ1v) is 11.6. The minimum Gasteiger partial charge on any atom is -0.494 e. The normalized spacial score (nSPS) is 14.8. The van der Waals surface area contributed by atoms with Gasteiger partial charge in [0.2, 0.25) is 0 Å². The summed E-state index contributed by atoms with van der Waals surface area (Å²) in [6.07, 6.45) is 1.92. The summed E-state index contributed by atoms with van der Waals surface area (Å²) in [4.78, 5) is 12.9. The van der Waals surface area contributed by atoms with Crippen molar-refractivity contribution in [2.75, 3.05) is 38.2 Å². The smallest absolute Gasteiger partial charge is 0.333 e. The van der Waals surface area contributed by atoms with Crippen LogP contribution in [0.2, 0.25) is 0 Å². The molecule has 2 aromatic carbocycles. The molecule has 0 aliphatic carbocycles. The van der Waals surface area contributed by atoms with E-state index in [1.165, 1.54) is 12.1 Å². The van der Waals surface area contributed by atoms with Gasteiger partial charge < -0.3 is 30.6 Å². The van der Waals surface area contributed by atoms with Gasteiger partial charge in [-0.3, -0.25) is 5.41 Å². The van der Waals surface area contributed by atoms with Crippen LogP contribution in [0.1, 0.15) is 43.9 Å². The van der Waals surface area contributed by atoms with E-state index < -0.39 is 17.8 Å². The van der Waals surface area contributed by atoms with Crippen LogP contribution in [0.4, 0.5) is 10.1 Å². The number of piperidine rings is 1. The number of nitrogens with one attached hydrogen (secondary N) is 3. The predicted octanol–water partition coefficient (Wildman–Crippen LogP) is 3.60. The molecule has 0 bridgehead atoms. The number of hydrogen-bond acceptors (Lipinski definition) is 7. The number of anilines is 1. The minimum absolute atomic E-state index is 0.0440. The van der Waals surface area contributed by atoms with E-state index in [2.05, 4.69) is 10.6 Å². The van der Waals surface area contributed by atoms with Crippen molar-refractivity contribution in [1.82, 2.24) is 5.32 Å². The highest BCUT2D eigenvalue weighted by atomic mass is 19.1. The fourth-order valence-corrected chi connectivity index (χ4v) is 3.82. The lowest BCUT2D eigenvalue weighted by Crippen LogP contribution is -2.30. The maximum Gasteiger partial charge on any atom is 0.333 e. The lowest BCUT2D eigenvalue weighted by atomic mass is 9.99. The van der Waals surface area contributed by atoms with Crippen molar-refractivity contribution < 1.29 is 23.4 Å². The Kier molecular flexibility index (Phi) is 9.09. The second-order valence-corrected chi connectivity index (χ2v) is 8.08. The Morgan fingerprint density at radius 3 is 2.50 bits per heavy atom. The number of amidine groups is 1. The first kappa shape index (κ1) is 25.3. The van der Waals surface area contributed by atoms with Crippen LogP contribution in [0, 0.1) is 17.1 Å². The van der Waals surface area contributed by atoms with Crippen LogP contribution in [0.5, 0.6) is 11.5 Å². The van der Waals surface area contributed by atoms with Gasteiger partial charge in [0.1, 0.15) is 11.6 Å². The molecule has 8 nitrogen and oxygen atoms in total. The first-order valence-electron chi connectivity index (χ1n) is 11.6. The van der Waals surface area contributed by atoms with Crippen molar-refractivity contribution >= 4 is 17.5 Å². The topological polar surface area (TPSA) is 119 Å². The van der Waals surface area contributed by atoms with Crippen LogP contribution in [-0.2, 0) is 9.53 Å². The summed E-state index contributed by atoms with van der Waals surface area (Å²) in [5, 5.41) is 13.9. The van der Waals surface area contributed by atoms with E-state index in [9.17, 15) is 4.79 Å². The third kappa shape index (κ3) is 6.60. The standard InChI is InChI=1S/C25H33FN4O4/c1-3-32-19-13-20(22(26)21(14-19)34-15-16-9-11-29-12-10-16)23(25(31)33-4-2)30-18-7-5-17(6-8-18)24(27)28/h5-8,13-14,16,23,29-30H,3-4,9-12,15H2,1-2H3,(H3,27,28). The lowest BCUT2D eigenvalue weighted by molar-refractivity contribution is -0.144. The van der Waals surface area contributed by atoms with E-state index in [0.717, 1.165) is 25.9 Å². The average Bonchev–Trinajstić information content (AvgIpc) is 2.84. The Labute approximate surface area is 199 Å². The molecule has 1 fully saturated rings. The Hall–Kier alpha value is -3.33. The number of nitrogen functional groups attached to an aromatic ring is 1. The van der Waals surface area contributed by atoms with Gasteiger partial charge in [0.25, 0.3) is 0 Å². The van der Waals surface area contributed by atoms with E-state index >= 15 is 4.39 Å². The third-order valence-electron chi connectivity index (χ3n) is 5.63. The van der Waals surface area contributed by atoms with Crippen molar-refractivity contribution in [3.8, 4) is 11.5 Å². The number of carbonyl (C=O) groups is 1. The van der Waals surface area contributed by atoms with Crippen LogP contribution in [0.15, 0.2) is 36.4 Å². The van der Waals surface area contributed by atoms with Crippen molar-refractivity contribution in [3.05, 3.63) is 53.3 Å². The van der Waals surface area contributed by atoms with E-state index in [0.29, 0.717) is 36.1 Å². The number of hydrogen-bond donors (Lipinski definition) is 4. The summed E-state index contributed by atoms with van der Waals surface area (Å²) < 4.78 is 32.4. The van der Waals surface area contributed by atoms with Crippen LogP contribution < -0.4 is 25.8 Å². The number of benzene rings is 2. The van der Waals surface area contributed by atoms with Crippen molar-refractivity contribution in [2.45, 2.75) is 32.7 Å². The Bertz CT molecular complexity index is 978. The molecule has 1 heterocycles. The number of carbonyl (C=O) groups excluding carboxylic acids is 1. The van der Waals surface area contributed by atoms with Crippen LogP contribution in [-0.4, -0.2) is 44.7 Å². The molecule has 184 valence electrons. The predicted molar refractivity (Wildman–Crippen MR) is 129 cm³/mol. The summed E-state index contributed by atoms with van der Waals surface area (Å²) in [6, 6.07) is 8.51. The molecule has 0 amide bonds. The number of nitrogens with two attached hydrogens (primary N) is 1. The molecule has 1 unspecified atom stereocenters. The maximum absolute atomic E-state index is 15.7. The van der Waals surface area contributed by atoms with E-state index in [1.807, 2.05) is 6.92 Å². The molecule has 1 saturated heterocycles. The van der Waals surface area contributed by atoms with Gasteiger partial charge in [-0.25, -0.2) is 9.18 Å². The van der Waals surface area contributed by atoms with Gasteiger partial charge in [-0.15, -0.1) is 0 Å². The number of esters is 1. The third-order valence-corrected chi connectivity index (χ3v) is 5.63. The molecule has 0 saturated carbocycles. The molecular weight excluding hydrogens is 439 g/mol.